The van der Waals surface area contributed by atoms with Crippen molar-refractivity contribution in [1.82, 2.24) is 5.32 Å². The molecule has 0 amide bonds. The number of hydrogen-bond acceptors (Lipinski definition) is 2. The monoisotopic (exact) mass is 263 g/mol. The van der Waals surface area contributed by atoms with Gasteiger partial charge in [0.25, 0.3) is 0 Å². The Morgan fingerprint density at radius 1 is 1.26 bits per heavy atom. The summed E-state index contributed by atoms with van der Waals surface area (Å²) in [5.74, 6) is 1.90. The number of benzene rings is 1. The van der Waals surface area contributed by atoms with Crippen molar-refractivity contribution in [2.45, 2.75) is 27.7 Å². The van der Waals surface area contributed by atoms with Crippen LogP contribution in [0.4, 0.5) is 0 Å². The van der Waals surface area contributed by atoms with Crippen LogP contribution in [-0.4, -0.2) is 25.7 Å². The molecule has 1 rings (SSSR count). The lowest BCUT2D eigenvalue weighted by Crippen LogP contribution is -2.35. The molecular weight excluding hydrogens is 238 g/mol. The summed E-state index contributed by atoms with van der Waals surface area (Å²) in [6.45, 7) is 10.3. The maximum Gasteiger partial charge on any atom is 0.188 e. The molecule has 0 spiro atoms. The fraction of sp³-hybridized carbons (Fsp3) is 0.533. The largest absolute Gasteiger partial charge is 0.492 e. The highest BCUT2D eigenvalue weighted by Gasteiger charge is 1.98. The number of nitrogens with two attached hydrogens (primary N) is 1. The van der Waals surface area contributed by atoms with Crippen LogP contribution in [0.5, 0.6) is 5.75 Å². The third-order valence-corrected chi connectivity index (χ3v) is 2.50. The van der Waals surface area contributed by atoms with Crippen molar-refractivity contribution in [2.75, 3.05) is 19.7 Å². The van der Waals surface area contributed by atoms with E-state index in [4.69, 9.17) is 10.5 Å². The Hall–Kier alpha value is -1.71. The zero-order valence-electron chi connectivity index (χ0n) is 12.4. The van der Waals surface area contributed by atoms with E-state index in [9.17, 15) is 0 Å². The van der Waals surface area contributed by atoms with E-state index in [1.54, 1.807) is 0 Å². The number of rotatable bonds is 6. The van der Waals surface area contributed by atoms with Gasteiger partial charge in [-0.1, -0.05) is 19.9 Å². The van der Waals surface area contributed by atoms with E-state index >= 15 is 0 Å². The molecule has 0 bridgehead atoms. The molecule has 0 fully saturated rings. The zero-order valence-corrected chi connectivity index (χ0v) is 12.4. The fourth-order valence-corrected chi connectivity index (χ4v) is 1.70. The summed E-state index contributed by atoms with van der Waals surface area (Å²) in [6.07, 6.45) is 0. The van der Waals surface area contributed by atoms with Crippen LogP contribution in [0.2, 0.25) is 0 Å². The SMILES string of the molecule is Cc1cc(C)cc(OCCNC(N)=NCC(C)C)c1. The van der Waals surface area contributed by atoms with Gasteiger partial charge in [-0.15, -0.1) is 0 Å². The van der Waals surface area contributed by atoms with Gasteiger partial charge in [-0.3, -0.25) is 4.99 Å². The molecule has 0 aliphatic carbocycles. The molecule has 0 radical (unpaired) electrons. The standard InChI is InChI=1S/C15H25N3O/c1-11(2)10-18-15(16)17-5-6-19-14-8-12(3)7-13(4)9-14/h7-9,11H,5-6,10H2,1-4H3,(H3,16,17,18). The first kappa shape index (κ1) is 15.3. The van der Waals surface area contributed by atoms with Gasteiger partial charge in [0, 0.05) is 6.54 Å². The maximum absolute atomic E-state index is 5.73. The predicted octanol–water partition coefficient (Wildman–Crippen LogP) is 2.24. The quantitative estimate of drug-likeness (QED) is 0.470. The van der Waals surface area contributed by atoms with E-state index in [0.717, 1.165) is 12.3 Å². The van der Waals surface area contributed by atoms with Crippen molar-refractivity contribution >= 4 is 5.96 Å². The lowest BCUT2D eigenvalue weighted by molar-refractivity contribution is 0.322. The minimum absolute atomic E-state index is 0.484. The van der Waals surface area contributed by atoms with Crippen molar-refractivity contribution in [3.05, 3.63) is 29.3 Å². The molecule has 19 heavy (non-hydrogen) atoms. The average molecular weight is 263 g/mol. The Balaban J connectivity index is 2.29. The molecule has 0 unspecified atom stereocenters. The van der Waals surface area contributed by atoms with Gasteiger partial charge >= 0.3 is 0 Å². The minimum atomic E-state index is 0.484. The normalized spacial score (nSPS) is 11.7. The second-order valence-electron chi connectivity index (χ2n) is 5.22. The number of ether oxygens (including phenoxy) is 1. The van der Waals surface area contributed by atoms with Crippen molar-refractivity contribution in [2.24, 2.45) is 16.6 Å². The first-order valence-corrected chi connectivity index (χ1v) is 6.72. The van der Waals surface area contributed by atoms with E-state index < -0.39 is 0 Å². The van der Waals surface area contributed by atoms with Gasteiger partial charge in [0.1, 0.15) is 12.4 Å². The molecular formula is C15H25N3O. The van der Waals surface area contributed by atoms with E-state index in [2.05, 4.69) is 44.1 Å². The average Bonchev–Trinajstić information content (AvgIpc) is 2.31. The van der Waals surface area contributed by atoms with Crippen LogP contribution in [-0.2, 0) is 0 Å². The lowest BCUT2D eigenvalue weighted by Gasteiger charge is -2.10. The summed E-state index contributed by atoms with van der Waals surface area (Å²) in [5.41, 5.74) is 8.15. The van der Waals surface area contributed by atoms with Crippen molar-refractivity contribution < 1.29 is 4.74 Å². The van der Waals surface area contributed by atoms with E-state index in [1.165, 1.54) is 11.1 Å². The van der Waals surface area contributed by atoms with E-state index in [0.29, 0.717) is 25.0 Å². The van der Waals surface area contributed by atoms with Crippen LogP contribution in [0.15, 0.2) is 23.2 Å². The van der Waals surface area contributed by atoms with Gasteiger partial charge in [0.2, 0.25) is 0 Å². The topological polar surface area (TPSA) is 59.6 Å². The van der Waals surface area contributed by atoms with Crippen LogP contribution in [0, 0.1) is 19.8 Å². The van der Waals surface area contributed by atoms with Crippen molar-refractivity contribution in [1.29, 1.82) is 0 Å². The number of aryl methyl sites for hydroxylation is 2. The molecule has 0 saturated heterocycles. The molecule has 0 aromatic heterocycles. The highest BCUT2D eigenvalue weighted by atomic mass is 16.5. The molecule has 0 heterocycles. The number of nitrogens with zero attached hydrogens (tertiary/aromatic N) is 1. The fourth-order valence-electron chi connectivity index (χ4n) is 1.70. The van der Waals surface area contributed by atoms with Crippen LogP contribution in [0.3, 0.4) is 0 Å². The van der Waals surface area contributed by atoms with Gasteiger partial charge in [0.15, 0.2) is 5.96 Å². The van der Waals surface area contributed by atoms with Crippen LogP contribution in [0.1, 0.15) is 25.0 Å². The molecule has 0 aliphatic rings. The summed E-state index contributed by atoms with van der Waals surface area (Å²) in [4.78, 5) is 4.22. The molecule has 1 aromatic carbocycles. The van der Waals surface area contributed by atoms with Crippen molar-refractivity contribution in [3.63, 3.8) is 0 Å². The Bertz CT molecular complexity index is 407. The van der Waals surface area contributed by atoms with Crippen LogP contribution >= 0.6 is 0 Å². The van der Waals surface area contributed by atoms with Crippen LogP contribution in [0.25, 0.3) is 0 Å². The second kappa shape index (κ2) is 7.67. The molecule has 0 atom stereocenters. The summed E-state index contributed by atoms with van der Waals surface area (Å²) >= 11 is 0. The van der Waals surface area contributed by atoms with Gasteiger partial charge < -0.3 is 15.8 Å². The molecule has 4 heteroatoms. The number of aliphatic imine (C=N–C) groups is 1. The van der Waals surface area contributed by atoms with Gasteiger partial charge in [-0.25, -0.2) is 0 Å². The molecule has 0 saturated carbocycles. The molecule has 106 valence electrons. The number of guanidine groups is 1. The first-order chi connectivity index (χ1) is 8.97. The van der Waals surface area contributed by atoms with Crippen molar-refractivity contribution in [3.8, 4) is 5.75 Å². The Morgan fingerprint density at radius 2 is 1.89 bits per heavy atom. The summed E-state index contributed by atoms with van der Waals surface area (Å²) in [5, 5.41) is 3.04. The zero-order chi connectivity index (χ0) is 14.3. The molecule has 0 aliphatic heterocycles. The summed E-state index contributed by atoms with van der Waals surface area (Å²) < 4.78 is 5.67. The third-order valence-electron chi connectivity index (χ3n) is 2.50. The van der Waals surface area contributed by atoms with Gasteiger partial charge in [0.05, 0.1) is 6.54 Å². The Morgan fingerprint density at radius 3 is 2.47 bits per heavy atom. The minimum Gasteiger partial charge on any atom is -0.492 e. The Labute approximate surface area is 116 Å². The molecule has 4 nitrogen and oxygen atoms in total. The summed E-state index contributed by atoms with van der Waals surface area (Å²) in [7, 11) is 0. The van der Waals surface area contributed by atoms with Gasteiger partial charge in [-0.05, 0) is 43.0 Å². The van der Waals surface area contributed by atoms with E-state index in [1.807, 2.05) is 12.1 Å². The predicted molar refractivity (Wildman–Crippen MR) is 80.7 cm³/mol. The smallest absolute Gasteiger partial charge is 0.188 e. The van der Waals surface area contributed by atoms with E-state index in [-0.39, 0.29) is 0 Å². The maximum atomic E-state index is 5.73. The Kier molecular flexibility index (Phi) is 6.19. The molecule has 1 aromatic rings. The highest BCUT2D eigenvalue weighted by Crippen LogP contribution is 2.15. The lowest BCUT2D eigenvalue weighted by atomic mass is 10.1. The molecule has 3 N–H and O–H groups in total. The second-order valence-corrected chi connectivity index (χ2v) is 5.22. The first-order valence-electron chi connectivity index (χ1n) is 6.72. The van der Waals surface area contributed by atoms with Gasteiger partial charge in [-0.2, -0.15) is 0 Å². The number of nitrogens with one attached hydrogen (secondary N) is 1. The summed E-state index contributed by atoms with van der Waals surface area (Å²) in [6, 6.07) is 6.19. The third kappa shape index (κ3) is 6.70. The highest BCUT2D eigenvalue weighted by molar-refractivity contribution is 5.77. The van der Waals surface area contributed by atoms with Crippen LogP contribution < -0.4 is 15.8 Å². The number of hydrogen-bond donors (Lipinski definition) is 2.